The van der Waals surface area contributed by atoms with Crippen LogP contribution in [0.2, 0.25) is 0 Å². The maximum atomic E-state index is 4.82. The second kappa shape index (κ2) is 9.18. The summed E-state index contributed by atoms with van der Waals surface area (Å²) in [5.74, 6) is 1.85. The van der Waals surface area contributed by atoms with Crippen molar-refractivity contribution in [3.05, 3.63) is 48.2 Å². The van der Waals surface area contributed by atoms with Crippen LogP contribution in [0.1, 0.15) is 44.1 Å². The van der Waals surface area contributed by atoms with Crippen LogP contribution in [0.3, 0.4) is 0 Å². The van der Waals surface area contributed by atoms with Gasteiger partial charge in [0.1, 0.15) is 5.82 Å². The first-order valence-electron chi connectivity index (χ1n) is 10.5. The van der Waals surface area contributed by atoms with Crippen molar-refractivity contribution in [3.63, 3.8) is 0 Å². The molecule has 0 unspecified atom stereocenters. The van der Waals surface area contributed by atoms with Gasteiger partial charge in [-0.3, -0.25) is 4.90 Å². The fourth-order valence-corrected chi connectivity index (χ4v) is 4.18. The molecule has 0 spiro atoms. The fraction of sp³-hybridized carbons (Fsp3) is 0.545. The van der Waals surface area contributed by atoms with E-state index < -0.39 is 0 Å². The lowest BCUT2D eigenvalue weighted by molar-refractivity contribution is 0.249. The zero-order chi connectivity index (χ0) is 18.3. The number of piperazine rings is 1. The van der Waals surface area contributed by atoms with Crippen molar-refractivity contribution in [1.29, 1.82) is 0 Å². The molecule has 4 rings (SSSR count). The number of hydrogen-bond acceptors (Lipinski definition) is 5. The predicted molar refractivity (Wildman–Crippen MR) is 111 cm³/mol. The van der Waals surface area contributed by atoms with E-state index in [-0.39, 0.29) is 0 Å². The summed E-state index contributed by atoms with van der Waals surface area (Å²) in [6.07, 6.45) is 9.76. The average Bonchev–Trinajstić information content (AvgIpc) is 2.98. The number of nitrogens with one attached hydrogen (secondary N) is 1. The molecule has 144 valence electrons. The Kier molecular flexibility index (Phi) is 6.20. The van der Waals surface area contributed by atoms with Crippen LogP contribution in [0.5, 0.6) is 0 Å². The first kappa shape index (κ1) is 18.2. The van der Waals surface area contributed by atoms with Gasteiger partial charge in [0.05, 0.1) is 0 Å². The molecule has 27 heavy (non-hydrogen) atoms. The molecule has 2 aliphatic rings. The van der Waals surface area contributed by atoms with E-state index in [0.717, 1.165) is 44.5 Å². The highest BCUT2D eigenvalue weighted by molar-refractivity contribution is 5.43. The maximum Gasteiger partial charge on any atom is 0.224 e. The topological polar surface area (TPSA) is 44.3 Å². The summed E-state index contributed by atoms with van der Waals surface area (Å²) < 4.78 is 0. The third-order valence-electron chi connectivity index (χ3n) is 5.77. The zero-order valence-corrected chi connectivity index (χ0v) is 16.2. The van der Waals surface area contributed by atoms with Gasteiger partial charge >= 0.3 is 0 Å². The third-order valence-corrected chi connectivity index (χ3v) is 5.77. The third kappa shape index (κ3) is 5.19. The van der Waals surface area contributed by atoms with Gasteiger partial charge in [-0.1, -0.05) is 56.0 Å². The summed E-state index contributed by atoms with van der Waals surface area (Å²) in [6, 6.07) is 13.3. The van der Waals surface area contributed by atoms with Crippen LogP contribution in [0.25, 0.3) is 0 Å². The van der Waals surface area contributed by atoms with Crippen molar-refractivity contribution in [2.45, 2.75) is 51.1 Å². The van der Waals surface area contributed by atoms with Crippen LogP contribution >= 0.6 is 0 Å². The van der Waals surface area contributed by atoms with Crippen LogP contribution in [-0.4, -0.2) is 47.1 Å². The van der Waals surface area contributed by atoms with Gasteiger partial charge in [-0.15, -0.1) is 0 Å². The molecule has 1 aromatic heterocycles. The van der Waals surface area contributed by atoms with E-state index in [9.17, 15) is 0 Å². The summed E-state index contributed by atoms with van der Waals surface area (Å²) in [6.45, 7) is 5.22. The summed E-state index contributed by atoms with van der Waals surface area (Å²) in [4.78, 5) is 14.2. The lowest BCUT2D eigenvalue weighted by Crippen LogP contribution is -2.46. The van der Waals surface area contributed by atoms with Crippen LogP contribution in [-0.2, 0) is 6.54 Å². The molecule has 0 bridgehead atoms. The summed E-state index contributed by atoms with van der Waals surface area (Å²) in [7, 11) is 0. The van der Waals surface area contributed by atoms with Gasteiger partial charge in [-0.2, -0.15) is 4.98 Å². The monoisotopic (exact) mass is 365 g/mol. The van der Waals surface area contributed by atoms with Gasteiger partial charge in [-0.05, 0) is 24.5 Å². The molecule has 2 fully saturated rings. The van der Waals surface area contributed by atoms with Gasteiger partial charge in [0.15, 0.2) is 0 Å². The number of aromatic nitrogens is 2. The van der Waals surface area contributed by atoms with Crippen molar-refractivity contribution >= 4 is 11.8 Å². The highest BCUT2D eigenvalue weighted by atomic mass is 15.3. The number of rotatable bonds is 5. The largest absolute Gasteiger partial charge is 0.354 e. The van der Waals surface area contributed by atoms with E-state index in [4.69, 9.17) is 4.98 Å². The molecule has 1 aliphatic heterocycles. The van der Waals surface area contributed by atoms with E-state index in [1.54, 1.807) is 0 Å². The van der Waals surface area contributed by atoms with E-state index in [1.807, 2.05) is 12.3 Å². The van der Waals surface area contributed by atoms with Crippen molar-refractivity contribution in [1.82, 2.24) is 14.9 Å². The molecule has 2 heterocycles. The first-order chi connectivity index (χ1) is 13.4. The molecule has 1 saturated heterocycles. The van der Waals surface area contributed by atoms with Crippen molar-refractivity contribution in [3.8, 4) is 0 Å². The highest BCUT2D eigenvalue weighted by Crippen LogP contribution is 2.21. The average molecular weight is 366 g/mol. The minimum absolute atomic E-state index is 0.533. The Bertz CT molecular complexity index is 689. The van der Waals surface area contributed by atoms with Crippen molar-refractivity contribution in [2.24, 2.45) is 0 Å². The number of nitrogens with zero attached hydrogens (tertiary/aromatic N) is 4. The standard InChI is InChI=1S/C22H31N5/c1-2-7-11-20(10-6-1)24-22-23-13-12-21(25-22)27-16-14-26(15-17-27)18-19-8-4-3-5-9-19/h3-5,8-9,12-13,20H,1-2,6-7,10-11,14-18H2,(H,23,24,25). The Morgan fingerprint density at radius 2 is 1.63 bits per heavy atom. The Morgan fingerprint density at radius 3 is 2.37 bits per heavy atom. The maximum absolute atomic E-state index is 4.82. The normalized spacial score (nSPS) is 19.6. The van der Waals surface area contributed by atoms with Gasteiger partial charge in [0, 0.05) is 45.0 Å². The van der Waals surface area contributed by atoms with Gasteiger partial charge < -0.3 is 10.2 Å². The Hall–Kier alpha value is -2.14. The highest BCUT2D eigenvalue weighted by Gasteiger charge is 2.19. The van der Waals surface area contributed by atoms with Crippen LogP contribution in [0.15, 0.2) is 42.6 Å². The smallest absolute Gasteiger partial charge is 0.224 e. The molecule has 1 saturated carbocycles. The van der Waals surface area contributed by atoms with E-state index in [1.165, 1.54) is 44.1 Å². The second-order valence-corrected chi connectivity index (χ2v) is 7.82. The number of benzene rings is 1. The molecule has 2 aromatic rings. The Labute approximate surface area is 162 Å². The molecule has 0 atom stereocenters. The zero-order valence-electron chi connectivity index (χ0n) is 16.2. The molecule has 0 radical (unpaired) electrons. The minimum atomic E-state index is 0.533. The van der Waals surface area contributed by atoms with E-state index in [2.05, 4.69) is 50.4 Å². The second-order valence-electron chi connectivity index (χ2n) is 7.82. The lowest BCUT2D eigenvalue weighted by Gasteiger charge is -2.35. The predicted octanol–water partition coefficient (Wildman–Crippen LogP) is 3.93. The SMILES string of the molecule is c1ccc(CN2CCN(c3ccnc(NC4CCCCCC4)n3)CC2)cc1. The summed E-state index contributed by atoms with van der Waals surface area (Å²) in [5.41, 5.74) is 1.39. The van der Waals surface area contributed by atoms with Crippen molar-refractivity contribution in [2.75, 3.05) is 36.4 Å². The number of anilines is 2. The van der Waals surface area contributed by atoms with E-state index >= 15 is 0 Å². The molecule has 1 aromatic carbocycles. The van der Waals surface area contributed by atoms with Crippen LogP contribution in [0.4, 0.5) is 11.8 Å². The van der Waals surface area contributed by atoms with Gasteiger partial charge in [-0.25, -0.2) is 4.98 Å². The lowest BCUT2D eigenvalue weighted by atomic mass is 10.1. The molecular formula is C22H31N5. The Morgan fingerprint density at radius 1 is 0.889 bits per heavy atom. The van der Waals surface area contributed by atoms with Crippen LogP contribution < -0.4 is 10.2 Å². The molecular weight excluding hydrogens is 334 g/mol. The molecule has 1 aliphatic carbocycles. The molecule has 1 N–H and O–H groups in total. The molecule has 5 heteroatoms. The van der Waals surface area contributed by atoms with Crippen molar-refractivity contribution < 1.29 is 0 Å². The summed E-state index contributed by atoms with van der Waals surface area (Å²) >= 11 is 0. The molecule has 5 nitrogen and oxygen atoms in total. The molecule has 0 amide bonds. The van der Waals surface area contributed by atoms with Crippen LogP contribution in [0, 0.1) is 0 Å². The van der Waals surface area contributed by atoms with Gasteiger partial charge in [0.25, 0.3) is 0 Å². The number of hydrogen-bond donors (Lipinski definition) is 1. The quantitative estimate of drug-likeness (QED) is 0.813. The summed E-state index contributed by atoms with van der Waals surface area (Å²) in [5, 5.41) is 3.58. The Balaban J connectivity index is 1.31. The first-order valence-corrected chi connectivity index (χ1v) is 10.5. The van der Waals surface area contributed by atoms with Gasteiger partial charge in [0.2, 0.25) is 5.95 Å². The van der Waals surface area contributed by atoms with E-state index in [0.29, 0.717) is 6.04 Å². The minimum Gasteiger partial charge on any atom is -0.354 e. The fourth-order valence-electron chi connectivity index (χ4n) is 4.18.